The van der Waals surface area contributed by atoms with Crippen molar-refractivity contribution in [2.45, 2.75) is 44.9 Å². The highest BCUT2D eigenvalue weighted by Crippen LogP contribution is 2.36. The number of rotatable bonds is 4. The third kappa shape index (κ3) is 3.84. The Balaban J connectivity index is 0.00000176. The number of hydrogen-bond donors (Lipinski definition) is 1. The molecule has 2 aliphatic rings. The lowest BCUT2D eigenvalue weighted by Crippen LogP contribution is -2.43. The van der Waals surface area contributed by atoms with Gasteiger partial charge in [-0.1, -0.05) is 6.92 Å². The van der Waals surface area contributed by atoms with Crippen LogP contribution >= 0.6 is 23.7 Å². The van der Waals surface area contributed by atoms with Crippen LogP contribution in [0, 0.1) is 5.92 Å². The lowest BCUT2D eigenvalue weighted by Gasteiger charge is -2.35. The number of nitrogens with one attached hydrogen (secondary N) is 1. The number of carbonyl (C=O) groups is 1. The number of thiophene rings is 1. The number of piperidine rings is 1. The van der Waals surface area contributed by atoms with Crippen molar-refractivity contribution >= 4 is 29.7 Å². The molecule has 0 aromatic carbocycles. The molecule has 0 saturated carbocycles. The molecule has 3 nitrogen and oxygen atoms in total. The average Bonchev–Trinajstić information content (AvgIpc) is 3.01. The molecule has 1 aromatic heterocycles. The van der Waals surface area contributed by atoms with Crippen LogP contribution in [0.1, 0.15) is 49.0 Å². The van der Waals surface area contributed by atoms with Gasteiger partial charge >= 0.3 is 0 Å². The van der Waals surface area contributed by atoms with E-state index >= 15 is 0 Å². The van der Waals surface area contributed by atoms with Gasteiger partial charge in [-0.2, -0.15) is 0 Å². The minimum Gasteiger partial charge on any atom is -0.342 e. The Morgan fingerprint density at radius 3 is 2.86 bits per heavy atom. The van der Waals surface area contributed by atoms with Crippen molar-refractivity contribution in [2.24, 2.45) is 5.92 Å². The number of amides is 1. The maximum atomic E-state index is 12.8. The third-order valence-corrected chi connectivity index (χ3v) is 5.96. The summed E-state index contributed by atoms with van der Waals surface area (Å²) in [4.78, 5) is 16.4. The van der Waals surface area contributed by atoms with Crippen molar-refractivity contribution in [3.8, 4) is 0 Å². The molecule has 1 aromatic rings. The number of aryl methyl sites for hydroxylation is 1. The van der Waals surface area contributed by atoms with Crippen LogP contribution in [-0.4, -0.2) is 37.0 Å². The molecule has 1 unspecified atom stereocenters. The monoisotopic (exact) mass is 342 g/mol. The maximum Gasteiger partial charge on any atom is 0.230 e. The van der Waals surface area contributed by atoms with E-state index in [2.05, 4.69) is 28.6 Å². The average molecular weight is 343 g/mol. The molecule has 2 heterocycles. The zero-order valence-corrected chi connectivity index (χ0v) is 15.0. The summed E-state index contributed by atoms with van der Waals surface area (Å²) in [5.41, 5.74) is 1.33. The van der Waals surface area contributed by atoms with Gasteiger partial charge in [0, 0.05) is 18.0 Å². The second kappa shape index (κ2) is 8.32. The summed E-state index contributed by atoms with van der Waals surface area (Å²) in [6, 6.07) is 2.18. The van der Waals surface area contributed by atoms with Crippen molar-refractivity contribution in [3.63, 3.8) is 0 Å². The van der Waals surface area contributed by atoms with Crippen LogP contribution in [-0.2, 0) is 11.2 Å². The number of nitrogens with zero attached hydrogens (tertiary/aromatic N) is 1. The number of likely N-dealkylation sites (tertiary alicyclic amines) is 1. The van der Waals surface area contributed by atoms with E-state index in [4.69, 9.17) is 0 Å². The van der Waals surface area contributed by atoms with Crippen molar-refractivity contribution < 1.29 is 4.79 Å². The maximum absolute atomic E-state index is 12.8. The molecule has 5 heteroatoms. The largest absolute Gasteiger partial charge is 0.342 e. The zero-order chi connectivity index (χ0) is 14.7. The van der Waals surface area contributed by atoms with E-state index in [1.54, 1.807) is 0 Å². The summed E-state index contributed by atoms with van der Waals surface area (Å²) in [6.07, 6.45) is 5.69. The number of hydrogen-bond acceptors (Lipinski definition) is 3. The van der Waals surface area contributed by atoms with Crippen LogP contribution < -0.4 is 5.32 Å². The Morgan fingerprint density at radius 1 is 1.36 bits per heavy atom. The molecule has 1 atom stereocenters. The quantitative estimate of drug-likeness (QED) is 0.909. The molecule has 1 saturated heterocycles. The number of fused-ring (bicyclic) bond motifs is 1. The SMILES string of the molecule is CCNCC1CCN(C(=O)C2CCCc3sccc32)CC1.Cl. The van der Waals surface area contributed by atoms with Gasteiger partial charge in [0.25, 0.3) is 0 Å². The van der Waals surface area contributed by atoms with Gasteiger partial charge in [0.05, 0.1) is 5.92 Å². The zero-order valence-electron chi connectivity index (χ0n) is 13.3. The predicted octanol–water partition coefficient (Wildman–Crippen LogP) is 3.44. The Hall–Kier alpha value is -0.580. The van der Waals surface area contributed by atoms with Gasteiger partial charge in [0.2, 0.25) is 5.91 Å². The summed E-state index contributed by atoms with van der Waals surface area (Å²) in [5.74, 6) is 1.28. The van der Waals surface area contributed by atoms with E-state index in [0.717, 1.165) is 51.4 Å². The van der Waals surface area contributed by atoms with E-state index in [-0.39, 0.29) is 18.3 Å². The summed E-state index contributed by atoms with van der Waals surface area (Å²) in [5, 5.41) is 5.58. The smallest absolute Gasteiger partial charge is 0.230 e. The van der Waals surface area contributed by atoms with Gasteiger partial charge in [-0.25, -0.2) is 0 Å². The van der Waals surface area contributed by atoms with Crippen LogP contribution in [0.3, 0.4) is 0 Å². The number of carbonyl (C=O) groups excluding carboxylic acids is 1. The second-order valence-corrected chi connectivity index (χ2v) is 7.32. The first-order valence-electron chi connectivity index (χ1n) is 8.35. The van der Waals surface area contributed by atoms with Crippen LogP contribution in [0.2, 0.25) is 0 Å². The minimum absolute atomic E-state index is 0. The van der Waals surface area contributed by atoms with Gasteiger partial charge in [0.15, 0.2) is 0 Å². The van der Waals surface area contributed by atoms with Crippen LogP contribution in [0.25, 0.3) is 0 Å². The highest BCUT2D eigenvalue weighted by atomic mass is 35.5. The first-order valence-corrected chi connectivity index (χ1v) is 9.23. The van der Waals surface area contributed by atoms with E-state index in [0.29, 0.717) is 5.91 Å². The fourth-order valence-electron chi connectivity index (χ4n) is 3.67. The Kier molecular flexibility index (Phi) is 6.72. The molecule has 1 amide bonds. The van der Waals surface area contributed by atoms with E-state index in [1.807, 2.05) is 11.3 Å². The standard InChI is InChI=1S/C17H26N2OS.ClH/c1-2-18-12-13-6-9-19(10-7-13)17(20)15-4-3-5-16-14(15)8-11-21-16;/h8,11,13,15,18H,2-7,9-10,12H2,1H3;1H. The van der Waals surface area contributed by atoms with E-state index in [1.165, 1.54) is 23.3 Å². The van der Waals surface area contributed by atoms with Crippen LogP contribution in [0.15, 0.2) is 11.4 Å². The first-order chi connectivity index (χ1) is 10.3. The predicted molar refractivity (Wildman–Crippen MR) is 95.1 cm³/mol. The molecule has 3 rings (SSSR count). The molecular formula is C17H27ClN2OS. The van der Waals surface area contributed by atoms with Gasteiger partial charge in [-0.05, 0) is 68.1 Å². The molecule has 1 aliphatic carbocycles. The van der Waals surface area contributed by atoms with Gasteiger partial charge in [0.1, 0.15) is 0 Å². The van der Waals surface area contributed by atoms with Gasteiger partial charge < -0.3 is 10.2 Å². The lowest BCUT2D eigenvalue weighted by molar-refractivity contribution is -0.134. The lowest BCUT2D eigenvalue weighted by atomic mass is 9.86. The van der Waals surface area contributed by atoms with E-state index in [9.17, 15) is 4.79 Å². The van der Waals surface area contributed by atoms with E-state index < -0.39 is 0 Å². The molecule has 22 heavy (non-hydrogen) atoms. The highest BCUT2D eigenvalue weighted by Gasteiger charge is 2.32. The normalized spacial score (nSPS) is 22.0. The third-order valence-electron chi connectivity index (χ3n) is 4.96. The molecule has 0 spiro atoms. The van der Waals surface area contributed by atoms with Crippen molar-refractivity contribution in [2.75, 3.05) is 26.2 Å². The Labute approximate surface area is 143 Å². The van der Waals surface area contributed by atoms with Gasteiger partial charge in [-0.3, -0.25) is 4.79 Å². The summed E-state index contributed by atoms with van der Waals surface area (Å²) >= 11 is 1.82. The second-order valence-electron chi connectivity index (χ2n) is 6.32. The van der Waals surface area contributed by atoms with Crippen molar-refractivity contribution in [1.29, 1.82) is 0 Å². The first kappa shape index (κ1) is 17.8. The van der Waals surface area contributed by atoms with Crippen molar-refractivity contribution in [3.05, 3.63) is 21.9 Å². The Morgan fingerprint density at radius 2 is 2.14 bits per heavy atom. The number of halogens is 1. The summed E-state index contributed by atoms with van der Waals surface area (Å²) in [7, 11) is 0. The summed E-state index contributed by atoms with van der Waals surface area (Å²) < 4.78 is 0. The van der Waals surface area contributed by atoms with Crippen LogP contribution in [0.4, 0.5) is 0 Å². The fourth-order valence-corrected chi connectivity index (χ4v) is 4.66. The minimum atomic E-state index is 0. The molecule has 1 aliphatic heterocycles. The molecular weight excluding hydrogens is 316 g/mol. The molecule has 0 bridgehead atoms. The molecule has 1 fully saturated rings. The molecule has 1 N–H and O–H groups in total. The summed E-state index contributed by atoms with van der Waals surface area (Å²) in [6.45, 7) is 6.20. The molecule has 0 radical (unpaired) electrons. The van der Waals surface area contributed by atoms with Crippen molar-refractivity contribution in [1.82, 2.24) is 10.2 Å². The highest BCUT2D eigenvalue weighted by molar-refractivity contribution is 7.10. The van der Waals surface area contributed by atoms with Crippen LogP contribution in [0.5, 0.6) is 0 Å². The van der Waals surface area contributed by atoms with Gasteiger partial charge in [-0.15, -0.1) is 23.7 Å². The molecule has 124 valence electrons. The Bertz CT molecular complexity index is 483. The topological polar surface area (TPSA) is 32.3 Å². The fraction of sp³-hybridized carbons (Fsp3) is 0.706.